The van der Waals surface area contributed by atoms with Crippen molar-refractivity contribution in [1.82, 2.24) is 16.0 Å². The molecule has 0 heterocycles. The number of amides is 3. The predicted molar refractivity (Wildman–Crippen MR) is 115 cm³/mol. The zero-order valence-corrected chi connectivity index (χ0v) is 18.6. The highest BCUT2D eigenvalue weighted by molar-refractivity contribution is 7.80. The Kier molecular flexibility index (Phi) is 13.5. The van der Waals surface area contributed by atoms with Gasteiger partial charge in [-0.2, -0.15) is 12.6 Å². The lowest BCUT2D eigenvalue weighted by atomic mass is 10.0. The summed E-state index contributed by atoms with van der Waals surface area (Å²) in [5.41, 5.74) is 11.1. The molecule has 0 aliphatic heterocycles. The van der Waals surface area contributed by atoms with Gasteiger partial charge in [-0.1, -0.05) is 13.8 Å². The lowest BCUT2D eigenvalue weighted by molar-refractivity contribution is -0.144. The van der Waals surface area contributed by atoms with Crippen molar-refractivity contribution < 1.29 is 34.2 Å². The minimum absolute atomic E-state index is 0.0405. The first-order valence-corrected chi connectivity index (χ1v) is 10.5. The standard InChI is InChI=1S/C18H33N5O7S/c1-9(2)14(18(29)30)23-17(28)12(7-13(24)25)22-16(27)11(5-3-4-6-19)21-15(26)10(20)8-31/h9-12,14,31H,3-8,19-20H2,1-2H3,(H,21,26)(H,22,27)(H,23,28)(H,24,25)(H,29,30). The summed E-state index contributed by atoms with van der Waals surface area (Å²) in [6.45, 7) is 3.50. The van der Waals surface area contributed by atoms with Gasteiger partial charge in [-0.05, 0) is 31.7 Å². The number of rotatable bonds is 15. The number of aliphatic carboxylic acids is 2. The van der Waals surface area contributed by atoms with Crippen LogP contribution in [0.5, 0.6) is 0 Å². The molecule has 0 spiro atoms. The maximum absolute atomic E-state index is 12.7. The molecule has 4 unspecified atom stereocenters. The minimum Gasteiger partial charge on any atom is -0.481 e. The molecule has 9 N–H and O–H groups in total. The van der Waals surface area contributed by atoms with E-state index in [1.54, 1.807) is 13.8 Å². The van der Waals surface area contributed by atoms with E-state index in [1.165, 1.54) is 0 Å². The molecule has 0 bridgehead atoms. The minimum atomic E-state index is -1.54. The number of unbranched alkanes of at least 4 members (excludes halogenated alkanes) is 1. The van der Waals surface area contributed by atoms with Gasteiger partial charge in [0.2, 0.25) is 17.7 Å². The van der Waals surface area contributed by atoms with E-state index in [0.717, 1.165) is 0 Å². The van der Waals surface area contributed by atoms with E-state index >= 15 is 0 Å². The molecule has 0 saturated carbocycles. The van der Waals surface area contributed by atoms with Crippen LogP contribution in [0, 0.1) is 5.92 Å². The van der Waals surface area contributed by atoms with Gasteiger partial charge in [0.05, 0.1) is 12.5 Å². The molecule has 0 aliphatic rings. The van der Waals surface area contributed by atoms with Crippen LogP contribution in [0.2, 0.25) is 0 Å². The number of carboxylic acid groups (broad SMARTS) is 2. The summed E-state index contributed by atoms with van der Waals surface area (Å²) in [5.74, 6) is -5.50. The highest BCUT2D eigenvalue weighted by atomic mass is 32.1. The third-order valence-electron chi connectivity index (χ3n) is 4.36. The van der Waals surface area contributed by atoms with Crippen molar-refractivity contribution >= 4 is 42.3 Å². The molecule has 0 aromatic rings. The van der Waals surface area contributed by atoms with Crippen LogP contribution in [-0.4, -0.2) is 76.3 Å². The topological polar surface area (TPSA) is 214 Å². The Morgan fingerprint density at radius 3 is 1.90 bits per heavy atom. The van der Waals surface area contributed by atoms with E-state index in [4.69, 9.17) is 16.6 Å². The van der Waals surface area contributed by atoms with Gasteiger partial charge in [-0.25, -0.2) is 4.79 Å². The zero-order valence-electron chi connectivity index (χ0n) is 17.7. The number of nitrogens with one attached hydrogen (secondary N) is 3. The van der Waals surface area contributed by atoms with Gasteiger partial charge in [0, 0.05) is 5.75 Å². The van der Waals surface area contributed by atoms with Crippen LogP contribution < -0.4 is 27.4 Å². The molecule has 12 nitrogen and oxygen atoms in total. The van der Waals surface area contributed by atoms with E-state index < -0.39 is 66.2 Å². The Labute approximate surface area is 186 Å². The number of thiol groups is 1. The summed E-state index contributed by atoms with van der Waals surface area (Å²) in [6.07, 6.45) is 0.460. The number of nitrogens with two attached hydrogens (primary N) is 2. The van der Waals surface area contributed by atoms with Crippen LogP contribution >= 0.6 is 12.6 Å². The van der Waals surface area contributed by atoms with Crippen molar-refractivity contribution in [2.45, 2.75) is 63.7 Å². The van der Waals surface area contributed by atoms with Crippen molar-refractivity contribution in [3.63, 3.8) is 0 Å². The van der Waals surface area contributed by atoms with E-state index in [1.807, 2.05) is 0 Å². The monoisotopic (exact) mass is 463 g/mol. The SMILES string of the molecule is CC(C)C(NC(=O)C(CC(=O)O)NC(=O)C(CCCCN)NC(=O)C(N)CS)C(=O)O. The molecular formula is C18H33N5O7S. The van der Waals surface area contributed by atoms with E-state index in [0.29, 0.717) is 19.4 Å². The molecule has 0 radical (unpaired) electrons. The van der Waals surface area contributed by atoms with Gasteiger partial charge in [0.1, 0.15) is 18.1 Å². The molecule has 0 saturated heterocycles. The lowest BCUT2D eigenvalue weighted by Gasteiger charge is -2.25. The van der Waals surface area contributed by atoms with Crippen molar-refractivity contribution in [3.05, 3.63) is 0 Å². The average molecular weight is 464 g/mol. The summed E-state index contributed by atoms with van der Waals surface area (Å²) in [5, 5.41) is 25.3. The molecule has 0 fully saturated rings. The van der Waals surface area contributed by atoms with Gasteiger partial charge >= 0.3 is 11.9 Å². The first-order valence-electron chi connectivity index (χ1n) is 9.86. The molecule has 4 atom stereocenters. The predicted octanol–water partition coefficient (Wildman–Crippen LogP) is -1.96. The quantitative estimate of drug-likeness (QED) is 0.0998. The number of hydrogen-bond donors (Lipinski definition) is 8. The van der Waals surface area contributed by atoms with E-state index in [2.05, 4.69) is 28.6 Å². The van der Waals surface area contributed by atoms with Gasteiger partial charge in [-0.15, -0.1) is 0 Å². The second kappa shape index (κ2) is 14.6. The zero-order chi connectivity index (χ0) is 24.1. The van der Waals surface area contributed by atoms with Gasteiger partial charge < -0.3 is 37.6 Å². The molecule has 31 heavy (non-hydrogen) atoms. The summed E-state index contributed by atoms with van der Waals surface area (Å²) < 4.78 is 0. The van der Waals surface area contributed by atoms with E-state index in [9.17, 15) is 29.1 Å². The van der Waals surface area contributed by atoms with Crippen LogP contribution in [0.25, 0.3) is 0 Å². The van der Waals surface area contributed by atoms with E-state index in [-0.39, 0.29) is 12.2 Å². The number of carbonyl (C=O) groups excluding carboxylic acids is 3. The number of hydrogen-bond acceptors (Lipinski definition) is 8. The highest BCUT2D eigenvalue weighted by Gasteiger charge is 2.32. The summed E-state index contributed by atoms with van der Waals surface area (Å²) in [7, 11) is 0. The van der Waals surface area contributed by atoms with Gasteiger partial charge in [0.25, 0.3) is 0 Å². The Bertz CT molecular complexity index is 647. The maximum Gasteiger partial charge on any atom is 0.326 e. The normalized spacial score (nSPS) is 14.8. The van der Waals surface area contributed by atoms with Crippen LogP contribution in [0.15, 0.2) is 0 Å². The van der Waals surface area contributed by atoms with Crippen LogP contribution in [-0.2, 0) is 24.0 Å². The fraction of sp³-hybridized carbons (Fsp3) is 0.722. The highest BCUT2D eigenvalue weighted by Crippen LogP contribution is 2.06. The number of carboxylic acids is 2. The first kappa shape index (κ1) is 28.6. The Balaban J connectivity index is 5.46. The van der Waals surface area contributed by atoms with Crippen molar-refractivity contribution in [2.75, 3.05) is 12.3 Å². The molecular weight excluding hydrogens is 430 g/mol. The van der Waals surface area contributed by atoms with Crippen LogP contribution in [0.1, 0.15) is 39.5 Å². The van der Waals surface area contributed by atoms with Crippen molar-refractivity contribution in [1.29, 1.82) is 0 Å². The first-order chi connectivity index (χ1) is 14.4. The smallest absolute Gasteiger partial charge is 0.326 e. The summed E-state index contributed by atoms with van der Waals surface area (Å²) in [6, 6.07) is -4.87. The molecule has 0 aromatic heterocycles. The number of carbonyl (C=O) groups is 5. The van der Waals surface area contributed by atoms with Crippen LogP contribution in [0.3, 0.4) is 0 Å². The second-order valence-electron chi connectivity index (χ2n) is 7.36. The molecule has 0 aliphatic carbocycles. The Hall–Kier alpha value is -2.38. The average Bonchev–Trinajstić information content (AvgIpc) is 2.68. The Morgan fingerprint density at radius 1 is 0.903 bits per heavy atom. The summed E-state index contributed by atoms with van der Waals surface area (Å²) in [4.78, 5) is 59.8. The maximum atomic E-state index is 12.7. The summed E-state index contributed by atoms with van der Waals surface area (Å²) >= 11 is 3.93. The fourth-order valence-electron chi connectivity index (χ4n) is 2.55. The van der Waals surface area contributed by atoms with Crippen molar-refractivity contribution in [3.8, 4) is 0 Å². The molecule has 0 aromatic carbocycles. The molecule has 3 amide bonds. The lowest BCUT2D eigenvalue weighted by Crippen LogP contribution is -2.58. The second-order valence-corrected chi connectivity index (χ2v) is 7.73. The van der Waals surface area contributed by atoms with Gasteiger partial charge in [-0.3, -0.25) is 19.2 Å². The molecule has 0 rings (SSSR count). The molecule has 178 valence electrons. The van der Waals surface area contributed by atoms with Crippen LogP contribution in [0.4, 0.5) is 0 Å². The van der Waals surface area contributed by atoms with Gasteiger partial charge in [0.15, 0.2) is 0 Å². The largest absolute Gasteiger partial charge is 0.481 e. The van der Waals surface area contributed by atoms with Crippen molar-refractivity contribution in [2.24, 2.45) is 17.4 Å². The third-order valence-corrected chi connectivity index (χ3v) is 4.75. The fourth-order valence-corrected chi connectivity index (χ4v) is 2.71. The Morgan fingerprint density at radius 2 is 1.45 bits per heavy atom. The third kappa shape index (κ3) is 11.0. The molecule has 13 heteroatoms.